The van der Waals surface area contributed by atoms with E-state index in [1.807, 2.05) is 0 Å². The summed E-state index contributed by atoms with van der Waals surface area (Å²) < 4.78 is 34.2. The maximum Gasteiger partial charge on any atom is 0.502 e. The van der Waals surface area contributed by atoms with Crippen LogP contribution in [-0.2, 0) is 0 Å². The van der Waals surface area contributed by atoms with Crippen molar-refractivity contribution in [2.24, 2.45) is 0 Å². The van der Waals surface area contributed by atoms with Crippen LogP contribution in [0.15, 0.2) is 12.1 Å². The molecule has 0 saturated heterocycles. The van der Waals surface area contributed by atoms with E-state index in [0.29, 0.717) is 6.42 Å². The lowest BCUT2D eigenvalue weighted by atomic mass is 9.91. The number of rotatable bonds is 4. The first-order chi connectivity index (χ1) is 4.56. The molecule has 60 valence electrons. The first kappa shape index (κ1) is 9.55. The second kappa shape index (κ2) is 4.38. The van der Waals surface area contributed by atoms with Crippen LogP contribution >= 0.6 is 0 Å². The average Bonchev–Trinajstić information content (AvgIpc) is 1.78. The molecule has 0 aliphatic carbocycles. The maximum atomic E-state index is 11.4. The number of allylic oxidation sites excluding steroid dienone is 1. The number of unbranched alkanes of at least 4 members (excludes halogenated alkanes) is 1. The molecule has 0 atom stereocenters. The Balaban J connectivity index is 3.37. The topological polar surface area (TPSA) is 20.2 Å². The lowest BCUT2D eigenvalue weighted by molar-refractivity contribution is 0.289. The Kier molecular flexibility index (Phi) is 4.19. The Morgan fingerprint density at radius 2 is 1.90 bits per heavy atom. The monoisotopic (exact) mass is 153 g/mol. The van der Waals surface area contributed by atoms with Gasteiger partial charge in [0, 0.05) is 6.61 Å². The van der Waals surface area contributed by atoms with Crippen molar-refractivity contribution in [3.05, 3.63) is 12.1 Å². The molecule has 10 heavy (non-hydrogen) atoms. The highest BCUT2D eigenvalue weighted by Crippen LogP contribution is 2.09. The third-order valence-electron chi connectivity index (χ3n) is 0.883. The second-order valence-electron chi connectivity index (χ2n) is 1.92. The van der Waals surface area contributed by atoms with E-state index in [9.17, 15) is 12.9 Å². The van der Waals surface area contributed by atoms with Crippen LogP contribution in [0.3, 0.4) is 0 Å². The van der Waals surface area contributed by atoms with Gasteiger partial charge < -0.3 is 18.1 Å². The van der Waals surface area contributed by atoms with Crippen LogP contribution < -0.4 is 0 Å². The Morgan fingerprint density at radius 3 is 2.30 bits per heavy atom. The summed E-state index contributed by atoms with van der Waals surface area (Å²) in [6, 6.07) is 0. The minimum Gasteiger partial charge on any atom is -0.445 e. The molecule has 1 nitrogen and oxygen atoms in total. The Labute approximate surface area is 57.6 Å². The molecule has 1 N–H and O–H groups in total. The summed E-state index contributed by atoms with van der Waals surface area (Å²) in [5, 5.41) is 8.19. The van der Waals surface area contributed by atoms with E-state index in [1.165, 1.54) is 0 Å². The zero-order valence-corrected chi connectivity index (χ0v) is 5.43. The molecular formula is C5H9BF3O-. The zero-order valence-electron chi connectivity index (χ0n) is 5.43. The number of hydrogen-bond donors (Lipinski definition) is 1. The summed E-state index contributed by atoms with van der Waals surface area (Å²) in [6.45, 7) is -4.84. The molecule has 0 heterocycles. The normalized spacial score (nSPS) is 12.8. The van der Waals surface area contributed by atoms with E-state index >= 15 is 0 Å². The van der Waals surface area contributed by atoms with Crippen molar-refractivity contribution in [3.8, 4) is 0 Å². The van der Waals surface area contributed by atoms with E-state index in [2.05, 4.69) is 0 Å². The van der Waals surface area contributed by atoms with Crippen molar-refractivity contribution in [2.45, 2.75) is 12.8 Å². The second-order valence-corrected chi connectivity index (χ2v) is 1.92. The van der Waals surface area contributed by atoms with E-state index in [1.54, 1.807) is 0 Å². The van der Waals surface area contributed by atoms with Gasteiger partial charge in [-0.05, 0) is 12.8 Å². The minimum atomic E-state index is -4.78. The van der Waals surface area contributed by atoms with Crippen molar-refractivity contribution in [2.75, 3.05) is 6.61 Å². The molecule has 0 saturated carbocycles. The van der Waals surface area contributed by atoms with Crippen molar-refractivity contribution in [3.63, 3.8) is 0 Å². The van der Waals surface area contributed by atoms with Gasteiger partial charge in [-0.2, -0.15) is 0 Å². The Hall–Kier alpha value is -0.445. The molecule has 0 aromatic rings. The predicted molar refractivity (Wildman–Crippen MR) is 34.5 cm³/mol. The summed E-state index contributed by atoms with van der Waals surface area (Å²) in [4.78, 5) is 0. The first-order valence-electron chi connectivity index (χ1n) is 3.05. The summed E-state index contributed by atoms with van der Waals surface area (Å²) in [5.74, 6) is 0.246. The smallest absolute Gasteiger partial charge is 0.445 e. The highest BCUT2D eigenvalue weighted by atomic mass is 19.4. The molecule has 0 bridgehead atoms. The lowest BCUT2D eigenvalue weighted by Gasteiger charge is -2.05. The quantitative estimate of drug-likeness (QED) is 0.481. The number of hydrogen-bond acceptors (Lipinski definition) is 1. The third kappa shape index (κ3) is 7.55. The van der Waals surface area contributed by atoms with E-state index in [-0.39, 0.29) is 19.0 Å². The molecule has 0 amide bonds. The molecule has 0 aromatic carbocycles. The van der Waals surface area contributed by atoms with E-state index < -0.39 is 6.98 Å². The highest BCUT2D eigenvalue weighted by Gasteiger charge is 2.16. The van der Waals surface area contributed by atoms with Gasteiger partial charge in [0.25, 0.3) is 0 Å². The van der Waals surface area contributed by atoms with Crippen LogP contribution in [-0.4, -0.2) is 18.7 Å². The molecule has 0 spiro atoms. The number of aliphatic hydroxyl groups is 1. The standard InChI is InChI=1S/C5H9BF3O/c7-6(8,9)4-2-1-3-5-10/h2,4,10H,1,3,5H2/q-1/b4-2+. The van der Waals surface area contributed by atoms with Crippen LogP contribution in [0.1, 0.15) is 12.8 Å². The van der Waals surface area contributed by atoms with Crippen LogP contribution in [0.4, 0.5) is 12.9 Å². The number of aliphatic hydroxyl groups excluding tert-OH is 1. The van der Waals surface area contributed by atoms with Gasteiger partial charge in [-0.3, -0.25) is 0 Å². The summed E-state index contributed by atoms with van der Waals surface area (Å²) >= 11 is 0. The van der Waals surface area contributed by atoms with Crippen molar-refractivity contribution in [1.29, 1.82) is 0 Å². The molecule has 0 unspecified atom stereocenters. The summed E-state index contributed by atoms with van der Waals surface area (Å²) in [7, 11) is 0. The largest absolute Gasteiger partial charge is 0.502 e. The van der Waals surface area contributed by atoms with Gasteiger partial charge in [-0.25, -0.2) is 0 Å². The van der Waals surface area contributed by atoms with Crippen molar-refractivity contribution in [1.82, 2.24) is 0 Å². The van der Waals surface area contributed by atoms with Gasteiger partial charge >= 0.3 is 6.98 Å². The van der Waals surface area contributed by atoms with Gasteiger partial charge in [-0.15, -0.1) is 12.1 Å². The van der Waals surface area contributed by atoms with Gasteiger partial charge in [-0.1, -0.05) is 0 Å². The summed E-state index contributed by atoms with van der Waals surface area (Å²) in [6.07, 6.45) is 1.72. The minimum absolute atomic E-state index is 0.0603. The molecule has 0 aliphatic heterocycles. The molecule has 0 rings (SSSR count). The van der Waals surface area contributed by atoms with Crippen LogP contribution in [0.2, 0.25) is 0 Å². The maximum absolute atomic E-state index is 11.4. The molecule has 0 radical (unpaired) electrons. The fourth-order valence-electron chi connectivity index (χ4n) is 0.460. The van der Waals surface area contributed by atoms with Gasteiger partial charge in [0.2, 0.25) is 0 Å². The molecular weight excluding hydrogens is 144 g/mol. The predicted octanol–water partition coefficient (Wildman–Crippen LogP) is 1.70. The summed E-state index contributed by atoms with van der Waals surface area (Å²) in [5.41, 5.74) is 0. The third-order valence-corrected chi connectivity index (χ3v) is 0.883. The van der Waals surface area contributed by atoms with Gasteiger partial charge in [0.05, 0.1) is 0 Å². The molecule has 0 fully saturated rings. The Morgan fingerprint density at radius 1 is 1.30 bits per heavy atom. The SMILES string of the molecule is OCCC/C=C/[B-](F)(F)F. The Bertz CT molecular complexity index is 110. The number of halogens is 3. The molecule has 0 aromatic heterocycles. The lowest BCUT2D eigenvalue weighted by Crippen LogP contribution is -2.09. The average molecular weight is 153 g/mol. The van der Waals surface area contributed by atoms with E-state index in [0.717, 1.165) is 6.08 Å². The molecule has 0 aliphatic rings. The zero-order chi connectivity index (χ0) is 8.04. The van der Waals surface area contributed by atoms with Crippen molar-refractivity contribution < 1.29 is 18.1 Å². The fourth-order valence-corrected chi connectivity index (χ4v) is 0.460. The highest BCUT2D eigenvalue weighted by molar-refractivity contribution is 6.64. The van der Waals surface area contributed by atoms with Gasteiger partial charge in [0.15, 0.2) is 0 Å². The fraction of sp³-hybridized carbons (Fsp3) is 0.600. The van der Waals surface area contributed by atoms with Crippen LogP contribution in [0, 0.1) is 0 Å². The first-order valence-corrected chi connectivity index (χ1v) is 3.05. The van der Waals surface area contributed by atoms with Crippen LogP contribution in [0.25, 0.3) is 0 Å². The van der Waals surface area contributed by atoms with Crippen molar-refractivity contribution >= 4 is 6.98 Å². The van der Waals surface area contributed by atoms with E-state index in [4.69, 9.17) is 5.11 Å². The van der Waals surface area contributed by atoms with Crippen LogP contribution in [0.5, 0.6) is 0 Å². The van der Waals surface area contributed by atoms with Gasteiger partial charge in [0.1, 0.15) is 0 Å². The molecule has 5 heteroatoms.